The van der Waals surface area contributed by atoms with E-state index in [-0.39, 0.29) is 23.8 Å². The molecule has 34 heavy (non-hydrogen) atoms. The van der Waals surface area contributed by atoms with Crippen LogP contribution in [-0.4, -0.2) is 23.4 Å². The summed E-state index contributed by atoms with van der Waals surface area (Å²) < 4.78 is 0. The lowest BCUT2D eigenvalue weighted by molar-refractivity contribution is -0.132. The normalized spacial score (nSPS) is 14.1. The molecule has 3 aromatic rings. The van der Waals surface area contributed by atoms with Crippen LogP contribution >= 0.6 is 11.6 Å². The highest BCUT2D eigenvalue weighted by molar-refractivity contribution is 6.30. The third kappa shape index (κ3) is 6.46. The predicted octanol–water partition coefficient (Wildman–Crippen LogP) is 5.21. The minimum absolute atomic E-state index is 0.261. The van der Waals surface area contributed by atoms with Crippen LogP contribution in [-0.2, 0) is 9.59 Å². The van der Waals surface area contributed by atoms with Gasteiger partial charge in [-0.15, -0.1) is 0 Å². The third-order valence-corrected chi connectivity index (χ3v) is 6.18. The number of carbonyl (C=O) groups is 2. The second-order valence-corrected chi connectivity index (χ2v) is 9.67. The van der Waals surface area contributed by atoms with Gasteiger partial charge in [-0.2, -0.15) is 0 Å². The molecule has 4 N–H and O–H groups in total. The minimum atomic E-state index is -1.11. The zero-order valence-electron chi connectivity index (χ0n) is 20.0. The molecule has 0 heterocycles. The van der Waals surface area contributed by atoms with Crippen molar-refractivity contribution < 1.29 is 9.59 Å². The monoisotopic (exact) mass is 477 g/mol. The van der Waals surface area contributed by atoms with E-state index >= 15 is 0 Å². The highest BCUT2D eigenvalue weighted by atomic mass is 35.5. The lowest BCUT2D eigenvalue weighted by Gasteiger charge is -2.29. The molecule has 0 aliphatic rings. The maximum Gasteiger partial charge on any atom is 0.243 e. The summed E-state index contributed by atoms with van der Waals surface area (Å²) in [5.41, 5.74) is 8.95. The Bertz CT molecular complexity index is 1110. The SMILES string of the molecule is C[C@H](NC(=O)[C@@H](NC(=O)C(C)(C)N)[C@@H](C)c1ccc(-c2ccccc2)cc1)c1ccc(Cl)cc1. The van der Waals surface area contributed by atoms with Gasteiger partial charge < -0.3 is 16.4 Å². The number of nitrogens with two attached hydrogens (primary N) is 1. The van der Waals surface area contributed by atoms with Crippen LogP contribution in [0, 0.1) is 0 Å². The molecule has 0 unspecified atom stereocenters. The van der Waals surface area contributed by atoms with Crippen molar-refractivity contribution in [3.8, 4) is 11.1 Å². The molecule has 0 radical (unpaired) electrons. The van der Waals surface area contributed by atoms with Crippen LogP contribution in [0.15, 0.2) is 78.9 Å². The van der Waals surface area contributed by atoms with Crippen molar-refractivity contribution in [1.82, 2.24) is 10.6 Å². The molecule has 5 nitrogen and oxygen atoms in total. The largest absolute Gasteiger partial charge is 0.348 e. The van der Waals surface area contributed by atoms with Crippen LogP contribution in [0.3, 0.4) is 0 Å². The van der Waals surface area contributed by atoms with Crippen LogP contribution in [0.2, 0.25) is 5.02 Å². The Hall–Kier alpha value is -3.15. The number of nitrogens with one attached hydrogen (secondary N) is 2. The van der Waals surface area contributed by atoms with Gasteiger partial charge in [0.2, 0.25) is 11.8 Å². The number of amides is 2. The predicted molar refractivity (Wildman–Crippen MR) is 138 cm³/mol. The van der Waals surface area contributed by atoms with Crippen LogP contribution in [0.25, 0.3) is 11.1 Å². The first-order valence-corrected chi connectivity index (χ1v) is 11.7. The Morgan fingerprint density at radius 1 is 0.794 bits per heavy atom. The van der Waals surface area contributed by atoms with Gasteiger partial charge in [0.05, 0.1) is 11.6 Å². The third-order valence-electron chi connectivity index (χ3n) is 5.93. The fourth-order valence-corrected chi connectivity index (χ4v) is 3.81. The average Bonchev–Trinajstić information content (AvgIpc) is 2.82. The molecule has 0 saturated heterocycles. The van der Waals surface area contributed by atoms with E-state index < -0.39 is 11.6 Å². The smallest absolute Gasteiger partial charge is 0.243 e. The Morgan fingerprint density at radius 2 is 1.32 bits per heavy atom. The van der Waals surface area contributed by atoms with Gasteiger partial charge in [0.25, 0.3) is 0 Å². The van der Waals surface area contributed by atoms with Crippen molar-refractivity contribution in [3.63, 3.8) is 0 Å². The molecule has 178 valence electrons. The molecule has 0 bridgehead atoms. The van der Waals surface area contributed by atoms with E-state index in [4.69, 9.17) is 17.3 Å². The fourth-order valence-electron chi connectivity index (χ4n) is 3.68. The molecule has 0 aliphatic heterocycles. The van der Waals surface area contributed by atoms with E-state index in [1.807, 2.05) is 68.4 Å². The van der Waals surface area contributed by atoms with Crippen molar-refractivity contribution in [1.29, 1.82) is 0 Å². The van der Waals surface area contributed by atoms with Crippen LogP contribution in [0.1, 0.15) is 50.8 Å². The Labute approximate surface area is 206 Å². The lowest BCUT2D eigenvalue weighted by atomic mass is 9.90. The zero-order chi connectivity index (χ0) is 24.9. The molecule has 3 aromatic carbocycles. The van der Waals surface area contributed by atoms with E-state index in [1.54, 1.807) is 26.0 Å². The van der Waals surface area contributed by atoms with E-state index in [1.165, 1.54) is 0 Å². The fraction of sp³-hybridized carbons (Fsp3) is 0.286. The molecule has 0 spiro atoms. The number of rotatable bonds is 8. The van der Waals surface area contributed by atoms with Gasteiger partial charge in [-0.25, -0.2) is 0 Å². The van der Waals surface area contributed by atoms with Crippen LogP contribution in [0.5, 0.6) is 0 Å². The van der Waals surface area contributed by atoms with Gasteiger partial charge in [-0.1, -0.05) is 85.3 Å². The first-order valence-electron chi connectivity index (χ1n) is 11.4. The van der Waals surface area contributed by atoms with Gasteiger partial charge in [0.15, 0.2) is 0 Å². The molecule has 0 fully saturated rings. The van der Waals surface area contributed by atoms with Crippen LogP contribution < -0.4 is 16.4 Å². The van der Waals surface area contributed by atoms with Crippen molar-refractivity contribution in [2.24, 2.45) is 5.73 Å². The highest BCUT2D eigenvalue weighted by Crippen LogP contribution is 2.26. The maximum absolute atomic E-state index is 13.4. The Kier molecular flexibility index (Phi) is 8.13. The topological polar surface area (TPSA) is 84.2 Å². The number of benzene rings is 3. The first kappa shape index (κ1) is 25.5. The van der Waals surface area contributed by atoms with Gasteiger partial charge in [-0.3, -0.25) is 9.59 Å². The maximum atomic E-state index is 13.4. The standard InChI is InChI=1S/C28H32ClN3O2/c1-18(20-10-12-23(13-11-20)22-8-6-5-7-9-22)25(32-27(34)28(3,4)30)26(33)31-19(2)21-14-16-24(29)17-15-21/h5-19,25H,30H2,1-4H3,(H,31,33)(H,32,34)/t18-,19-,25-/m0/s1. The molecular formula is C28H32ClN3O2. The Morgan fingerprint density at radius 3 is 1.88 bits per heavy atom. The van der Waals surface area contributed by atoms with E-state index in [2.05, 4.69) is 22.8 Å². The molecule has 2 amide bonds. The van der Waals surface area contributed by atoms with E-state index in [0.29, 0.717) is 5.02 Å². The first-order chi connectivity index (χ1) is 16.1. The second kappa shape index (κ2) is 10.9. The minimum Gasteiger partial charge on any atom is -0.348 e. The second-order valence-electron chi connectivity index (χ2n) is 9.23. The lowest BCUT2D eigenvalue weighted by Crippen LogP contribution is -2.57. The average molecular weight is 478 g/mol. The summed E-state index contributed by atoms with van der Waals surface area (Å²) >= 11 is 5.99. The van der Waals surface area contributed by atoms with Crippen molar-refractivity contribution in [3.05, 3.63) is 95.0 Å². The summed E-state index contributed by atoms with van der Waals surface area (Å²) in [6, 6.07) is 24.4. The van der Waals surface area contributed by atoms with Gasteiger partial charge in [-0.05, 0) is 55.2 Å². The summed E-state index contributed by atoms with van der Waals surface area (Å²) in [7, 11) is 0. The molecule has 6 heteroatoms. The molecule has 3 rings (SSSR count). The van der Waals surface area contributed by atoms with Gasteiger partial charge in [0, 0.05) is 10.9 Å². The van der Waals surface area contributed by atoms with Crippen LogP contribution in [0.4, 0.5) is 0 Å². The number of hydrogen-bond acceptors (Lipinski definition) is 3. The molecule has 0 saturated carbocycles. The molecular weight excluding hydrogens is 446 g/mol. The number of carbonyl (C=O) groups excluding carboxylic acids is 2. The molecule has 0 aromatic heterocycles. The zero-order valence-corrected chi connectivity index (χ0v) is 20.8. The van der Waals surface area contributed by atoms with Crippen molar-refractivity contribution >= 4 is 23.4 Å². The molecule has 3 atom stereocenters. The van der Waals surface area contributed by atoms with Crippen molar-refractivity contribution in [2.75, 3.05) is 0 Å². The summed E-state index contributed by atoms with van der Waals surface area (Å²) in [4.78, 5) is 26.1. The summed E-state index contributed by atoms with van der Waals surface area (Å²) in [5, 5.41) is 6.52. The van der Waals surface area contributed by atoms with E-state index in [0.717, 1.165) is 22.3 Å². The van der Waals surface area contributed by atoms with Gasteiger partial charge in [0.1, 0.15) is 6.04 Å². The quantitative estimate of drug-likeness (QED) is 0.416. The number of halogens is 1. The number of hydrogen-bond donors (Lipinski definition) is 3. The summed E-state index contributed by atoms with van der Waals surface area (Å²) in [5.74, 6) is -0.951. The Balaban J connectivity index is 1.83. The summed E-state index contributed by atoms with van der Waals surface area (Å²) in [6.07, 6.45) is 0. The highest BCUT2D eigenvalue weighted by Gasteiger charge is 2.33. The van der Waals surface area contributed by atoms with Gasteiger partial charge >= 0.3 is 0 Å². The molecule has 0 aliphatic carbocycles. The summed E-state index contributed by atoms with van der Waals surface area (Å²) in [6.45, 7) is 7.06. The van der Waals surface area contributed by atoms with E-state index in [9.17, 15) is 9.59 Å². The van der Waals surface area contributed by atoms with Crippen molar-refractivity contribution in [2.45, 2.75) is 51.2 Å².